The molecule has 0 unspecified atom stereocenters. The topological polar surface area (TPSA) is 60.4 Å². The standard InChI is InChI=1S/C12H12BrClO4S/c1-7-5-8(12(15)18-9-3-2-4-9)6-10(11(7)13)19(14,16)17/h5-6,9H,2-4H2,1H3. The number of rotatable bonds is 3. The van der Waals surface area contributed by atoms with Crippen LogP contribution in [0.4, 0.5) is 0 Å². The van der Waals surface area contributed by atoms with Gasteiger partial charge in [-0.25, -0.2) is 13.2 Å². The number of benzene rings is 1. The molecule has 0 saturated heterocycles. The molecule has 1 aromatic rings. The summed E-state index contributed by atoms with van der Waals surface area (Å²) in [7, 11) is 1.43. The molecule has 0 N–H and O–H groups in total. The molecule has 19 heavy (non-hydrogen) atoms. The lowest BCUT2D eigenvalue weighted by Crippen LogP contribution is -2.25. The first-order chi connectivity index (χ1) is 8.79. The van der Waals surface area contributed by atoms with Crippen LogP contribution in [0.1, 0.15) is 35.2 Å². The fourth-order valence-corrected chi connectivity index (χ4v) is 3.90. The summed E-state index contributed by atoms with van der Waals surface area (Å²) in [5.41, 5.74) is 0.814. The van der Waals surface area contributed by atoms with Crippen molar-refractivity contribution in [3.63, 3.8) is 0 Å². The quantitative estimate of drug-likeness (QED) is 0.607. The molecule has 0 spiro atoms. The van der Waals surface area contributed by atoms with Gasteiger partial charge in [-0.1, -0.05) is 0 Å². The van der Waals surface area contributed by atoms with E-state index in [0.717, 1.165) is 19.3 Å². The minimum absolute atomic E-state index is 0.0486. The van der Waals surface area contributed by atoms with E-state index in [9.17, 15) is 13.2 Å². The molecule has 1 aromatic carbocycles. The maximum absolute atomic E-state index is 11.9. The summed E-state index contributed by atoms with van der Waals surface area (Å²) < 4.78 is 28.5. The second-order valence-corrected chi connectivity index (χ2v) is 7.83. The van der Waals surface area contributed by atoms with Crippen LogP contribution >= 0.6 is 26.6 Å². The van der Waals surface area contributed by atoms with Crippen LogP contribution in [-0.2, 0) is 13.8 Å². The van der Waals surface area contributed by atoms with Crippen LogP contribution in [-0.4, -0.2) is 20.5 Å². The lowest BCUT2D eigenvalue weighted by atomic mass is 9.96. The van der Waals surface area contributed by atoms with Gasteiger partial charge in [-0.2, -0.15) is 0 Å². The summed E-state index contributed by atoms with van der Waals surface area (Å²) in [5.74, 6) is -0.512. The number of hydrogen-bond acceptors (Lipinski definition) is 4. The predicted octanol–water partition coefficient (Wildman–Crippen LogP) is 3.39. The molecule has 0 bridgehead atoms. The van der Waals surface area contributed by atoms with E-state index in [-0.39, 0.29) is 16.6 Å². The van der Waals surface area contributed by atoms with Gasteiger partial charge in [0.15, 0.2) is 0 Å². The van der Waals surface area contributed by atoms with Crippen LogP contribution in [0.2, 0.25) is 0 Å². The minimum Gasteiger partial charge on any atom is -0.459 e. The third-order valence-corrected chi connectivity index (χ3v) is 5.71. The van der Waals surface area contributed by atoms with Gasteiger partial charge in [0.2, 0.25) is 0 Å². The fraction of sp³-hybridized carbons (Fsp3) is 0.417. The van der Waals surface area contributed by atoms with Gasteiger partial charge in [0, 0.05) is 15.2 Å². The number of hydrogen-bond donors (Lipinski definition) is 0. The van der Waals surface area contributed by atoms with Gasteiger partial charge < -0.3 is 4.74 Å². The van der Waals surface area contributed by atoms with E-state index < -0.39 is 15.0 Å². The number of ether oxygens (including phenoxy) is 1. The summed E-state index contributed by atoms with van der Waals surface area (Å²) >= 11 is 3.16. The van der Waals surface area contributed by atoms with Crippen molar-refractivity contribution in [2.45, 2.75) is 37.2 Å². The highest BCUT2D eigenvalue weighted by molar-refractivity contribution is 9.10. The Labute approximate surface area is 124 Å². The molecular weight excluding hydrogens is 356 g/mol. The summed E-state index contributed by atoms with van der Waals surface area (Å²) in [4.78, 5) is 11.8. The van der Waals surface area contributed by atoms with E-state index in [1.165, 1.54) is 6.07 Å². The van der Waals surface area contributed by atoms with E-state index >= 15 is 0 Å². The number of carbonyl (C=O) groups excluding carboxylic acids is 1. The lowest BCUT2D eigenvalue weighted by molar-refractivity contribution is 0.00897. The van der Waals surface area contributed by atoms with Crippen LogP contribution < -0.4 is 0 Å². The first-order valence-electron chi connectivity index (χ1n) is 5.75. The minimum atomic E-state index is -3.91. The van der Waals surface area contributed by atoms with Crippen LogP contribution in [0.5, 0.6) is 0 Å². The predicted molar refractivity (Wildman–Crippen MR) is 75.0 cm³/mol. The van der Waals surface area contributed by atoms with Crippen LogP contribution in [0.25, 0.3) is 0 Å². The summed E-state index contributed by atoms with van der Waals surface area (Å²) in [6.07, 6.45) is 2.73. The van der Waals surface area contributed by atoms with Gasteiger partial charge in [-0.05, 0) is 59.8 Å². The Bertz CT molecular complexity index is 623. The first-order valence-corrected chi connectivity index (χ1v) is 8.85. The normalized spacial score (nSPS) is 15.9. The van der Waals surface area contributed by atoms with Crippen LogP contribution in [0.15, 0.2) is 21.5 Å². The maximum atomic E-state index is 11.9. The molecule has 1 saturated carbocycles. The zero-order chi connectivity index (χ0) is 14.2. The Morgan fingerprint density at radius 2 is 2.05 bits per heavy atom. The van der Waals surface area contributed by atoms with E-state index in [0.29, 0.717) is 10.0 Å². The Morgan fingerprint density at radius 1 is 1.42 bits per heavy atom. The van der Waals surface area contributed by atoms with Crippen molar-refractivity contribution in [3.8, 4) is 0 Å². The van der Waals surface area contributed by atoms with Crippen LogP contribution in [0, 0.1) is 6.92 Å². The Kier molecular flexibility index (Phi) is 4.23. The molecule has 0 amide bonds. The summed E-state index contributed by atoms with van der Waals surface area (Å²) in [6, 6.07) is 2.82. The molecule has 1 aliphatic rings. The van der Waals surface area contributed by atoms with Gasteiger partial charge >= 0.3 is 5.97 Å². The molecule has 4 nitrogen and oxygen atoms in total. The molecule has 104 valence electrons. The maximum Gasteiger partial charge on any atom is 0.338 e. The van der Waals surface area contributed by atoms with Crippen molar-refractivity contribution < 1.29 is 17.9 Å². The SMILES string of the molecule is Cc1cc(C(=O)OC2CCC2)cc(S(=O)(=O)Cl)c1Br. The highest BCUT2D eigenvalue weighted by Gasteiger charge is 2.25. The van der Waals surface area contributed by atoms with Gasteiger partial charge in [0.05, 0.1) is 10.5 Å². The smallest absolute Gasteiger partial charge is 0.338 e. The van der Waals surface area contributed by atoms with Crippen LogP contribution in [0.3, 0.4) is 0 Å². The fourth-order valence-electron chi connectivity index (χ4n) is 1.74. The molecular formula is C12H12BrClO4S. The number of aryl methyl sites for hydroxylation is 1. The summed E-state index contributed by atoms with van der Waals surface area (Å²) in [5, 5.41) is 0. The molecule has 0 aromatic heterocycles. The average molecular weight is 368 g/mol. The molecule has 1 aliphatic carbocycles. The Morgan fingerprint density at radius 3 is 2.53 bits per heavy atom. The lowest BCUT2D eigenvalue weighted by Gasteiger charge is -2.25. The molecule has 1 fully saturated rings. The van der Waals surface area contributed by atoms with Crippen molar-refractivity contribution in [2.75, 3.05) is 0 Å². The second kappa shape index (κ2) is 5.42. The average Bonchev–Trinajstić information content (AvgIpc) is 2.25. The molecule has 0 aliphatic heterocycles. The molecule has 2 rings (SSSR count). The number of carbonyl (C=O) groups is 1. The largest absolute Gasteiger partial charge is 0.459 e. The first kappa shape index (κ1) is 14.8. The van der Waals surface area contributed by atoms with Crippen molar-refractivity contribution in [2.24, 2.45) is 0 Å². The molecule has 0 atom stereocenters. The highest BCUT2D eigenvalue weighted by atomic mass is 79.9. The molecule has 0 heterocycles. The van der Waals surface area contributed by atoms with E-state index in [4.69, 9.17) is 15.4 Å². The van der Waals surface area contributed by atoms with Crippen molar-refractivity contribution in [1.82, 2.24) is 0 Å². The monoisotopic (exact) mass is 366 g/mol. The van der Waals surface area contributed by atoms with Crippen molar-refractivity contribution in [1.29, 1.82) is 0 Å². The Balaban J connectivity index is 2.36. The van der Waals surface area contributed by atoms with E-state index in [2.05, 4.69) is 15.9 Å². The zero-order valence-corrected chi connectivity index (χ0v) is 13.3. The summed E-state index contributed by atoms with van der Waals surface area (Å²) in [6.45, 7) is 1.69. The van der Waals surface area contributed by atoms with Gasteiger partial charge in [0.1, 0.15) is 6.10 Å². The van der Waals surface area contributed by atoms with Gasteiger partial charge in [-0.3, -0.25) is 0 Å². The zero-order valence-electron chi connectivity index (χ0n) is 10.2. The van der Waals surface area contributed by atoms with Crippen molar-refractivity contribution >= 4 is 41.6 Å². The number of esters is 1. The number of halogens is 2. The van der Waals surface area contributed by atoms with Gasteiger partial charge in [0.25, 0.3) is 9.05 Å². The molecule has 7 heteroatoms. The van der Waals surface area contributed by atoms with E-state index in [1.807, 2.05) is 0 Å². The molecule has 0 radical (unpaired) electrons. The highest BCUT2D eigenvalue weighted by Crippen LogP contribution is 2.30. The third-order valence-electron chi connectivity index (χ3n) is 3.05. The third kappa shape index (κ3) is 3.30. The Hall–Kier alpha value is -0.590. The van der Waals surface area contributed by atoms with Crippen molar-refractivity contribution in [3.05, 3.63) is 27.7 Å². The van der Waals surface area contributed by atoms with Gasteiger partial charge in [-0.15, -0.1) is 0 Å². The second-order valence-electron chi connectivity index (χ2n) is 4.50. The van der Waals surface area contributed by atoms with E-state index in [1.54, 1.807) is 13.0 Å².